The molecular weight excluding hydrogens is 316 g/mol. The second-order valence-corrected chi connectivity index (χ2v) is 5.82. The normalized spacial score (nSPS) is 11.9. The van der Waals surface area contributed by atoms with Gasteiger partial charge in [-0.3, -0.25) is 4.79 Å². The van der Waals surface area contributed by atoms with Crippen LogP contribution in [0.5, 0.6) is 0 Å². The van der Waals surface area contributed by atoms with Crippen LogP contribution in [-0.4, -0.2) is 25.7 Å². The Morgan fingerprint density at radius 1 is 1.04 bits per heavy atom. The van der Waals surface area contributed by atoms with Gasteiger partial charge in [0.15, 0.2) is 0 Å². The zero-order valence-corrected chi connectivity index (χ0v) is 14.6. The zero-order valence-electron chi connectivity index (χ0n) is 14.6. The lowest BCUT2D eigenvalue weighted by atomic mass is 10.1. The molecule has 0 aliphatic carbocycles. The van der Waals surface area contributed by atoms with Crippen molar-refractivity contribution in [1.82, 2.24) is 5.32 Å². The Morgan fingerprint density at radius 3 is 2.40 bits per heavy atom. The van der Waals surface area contributed by atoms with Crippen molar-refractivity contribution in [1.29, 1.82) is 0 Å². The van der Waals surface area contributed by atoms with E-state index < -0.39 is 0 Å². The van der Waals surface area contributed by atoms with Gasteiger partial charge in [0.05, 0.1) is 25.7 Å². The van der Waals surface area contributed by atoms with Gasteiger partial charge in [-0.2, -0.15) is 0 Å². The molecule has 1 unspecified atom stereocenters. The third-order valence-corrected chi connectivity index (χ3v) is 3.97. The number of carbonyl (C=O) groups is 1. The van der Waals surface area contributed by atoms with Crippen molar-refractivity contribution in [3.05, 3.63) is 71.3 Å². The number of ether oxygens (including phenoxy) is 2. The fourth-order valence-electron chi connectivity index (χ4n) is 2.46. The Labute approximate surface area is 149 Å². The second-order valence-electron chi connectivity index (χ2n) is 5.82. The van der Waals surface area contributed by atoms with E-state index in [1.54, 1.807) is 7.11 Å². The molecule has 2 rings (SSSR count). The Morgan fingerprint density at radius 2 is 1.72 bits per heavy atom. The maximum atomic E-state index is 12.0. The summed E-state index contributed by atoms with van der Waals surface area (Å²) in [5.74, 6) is -0.0719. The largest absolute Gasteiger partial charge is 0.380 e. The lowest BCUT2D eigenvalue weighted by molar-refractivity contribution is -0.123. The van der Waals surface area contributed by atoms with Gasteiger partial charge >= 0.3 is 0 Å². The van der Waals surface area contributed by atoms with Crippen LogP contribution in [-0.2, 0) is 34.0 Å². The predicted octanol–water partition coefficient (Wildman–Crippen LogP) is 2.38. The highest BCUT2D eigenvalue weighted by atomic mass is 16.5. The monoisotopic (exact) mass is 342 g/mol. The Bertz CT molecular complexity index is 642. The molecule has 0 aromatic heterocycles. The van der Waals surface area contributed by atoms with Crippen molar-refractivity contribution < 1.29 is 14.3 Å². The molecule has 0 saturated heterocycles. The molecule has 1 atom stereocenters. The highest BCUT2D eigenvalue weighted by Crippen LogP contribution is 2.12. The van der Waals surface area contributed by atoms with Gasteiger partial charge in [0.2, 0.25) is 5.91 Å². The summed E-state index contributed by atoms with van der Waals surface area (Å²) in [7, 11) is 1.56. The van der Waals surface area contributed by atoms with Gasteiger partial charge in [-0.1, -0.05) is 54.6 Å². The number of benzene rings is 2. The van der Waals surface area contributed by atoms with Crippen molar-refractivity contribution in [2.45, 2.75) is 32.3 Å². The van der Waals surface area contributed by atoms with E-state index in [4.69, 9.17) is 15.2 Å². The topological polar surface area (TPSA) is 73.6 Å². The average Bonchev–Trinajstić information content (AvgIpc) is 2.66. The van der Waals surface area contributed by atoms with Crippen LogP contribution in [0.2, 0.25) is 0 Å². The minimum atomic E-state index is -0.246. The molecule has 5 heteroatoms. The Kier molecular flexibility index (Phi) is 8.12. The number of amides is 1. The van der Waals surface area contributed by atoms with E-state index in [0.29, 0.717) is 26.3 Å². The first-order valence-electron chi connectivity index (χ1n) is 8.41. The minimum Gasteiger partial charge on any atom is -0.380 e. The number of methoxy groups -OCH3 is 1. The fourth-order valence-corrected chi connectivity index (χ4v) is 2.46. The molecule has 0 bridgehead atoms. The fraction of sp³-hybridized carbons (Fsp3) is 0.350. The summed E-state index contributed by atoms with van der Waals surface area (Å²) in [6, 6.07) is 18.0. The Balaban J connectivity index is 1.84. The van der Waals surface area contributed by atoms with E-state index in [9.17, 15) is 4.79 Å². The van der Waals surface area contributed by atoms with Crippen LogP contribution < -0.4 is 11.1 Å². The van der Waals surface area contributed by atoms with E-state index in [1.807, 2.05) is 54.6 Å². The predicted molar refractivity (Wildman–Crippen MR) is 97.7 cm³/mol. The minimum absolute atomic E-state index is 0.0719. The van der Waals surface area contributed by atoms with Gasteiger partial charge < -0.3 is 20.5 Å². The number of hydrogen-bond donors (Lipinski definition) is 2. The molecule has 0 fully saturated rings. The highest BCUT2D eigenvalue weighted by molar-refractivity contribution is 5.76. The van der Waals surface area contributed by atoms with Crippen molar-refractivity contribution in [2.24, 2.45) is 5.73 Å². The van der Waals surface area contributed by atoms with Gasteiger partial charge in [0.1, 0.15) is 0 Å². The quantitative estimate of drug-likeness (QED) is 0.695. The molecule has 0 saturated carbocycles. The standard InChI is InChI=1S/C20H26N2O3/c1-24-19(12-21)11-20(23)22-13-17-9-5-6-10-18(17)15-25-14-16-7-3-2-4-8-16/h2-10,19H,11-15,21H2,1H3,(H,22,23). The number of hydrogen-bond acceptors (Lipinski definition) is 4. The lowest BCUT2D eigenvalue weighted by Gasteiger charge is -2.14. The van der Waals surface area contributed by atoms with Gasteiger partial charge in [-0.15, -0.1) is 0 Å². The molecule has 0 spiro atoms. The molecule has 1 amide bonds. The molecule has 2 aromatic rings. The van der Waals surface area contributed by atoms with Gasteiger partial charge in [0.25, 0.3) is 0 Å². The van der Waals surface area contributed by atoms with Crippen LogP contribution in [0.15, 0.2) is 54.6 Å². The van der Waals surface area contributed by atoms with Crippen LogP contribution >= 0.6 is 0 Å². The molecule has 2 aromatic carbocycles. The summed E-state index contributed by atoms with van der Waals surface area (Å²) >= 11 is 0. The smallest absolute Gasteiger partial charge is 0.222 e. The van der Waals surface area contributed by atoms with Gasteiger partial charge in [0, 0.05) is 20.2 Å². The van der Waals surface area contributed by atoms with Crippen LogP contribution in [0.4, 0.5) is 0 Å². The summed E-state index contributed by atoms with van der Waals surface area (Å²) in [5.41, 5.74) is 8.80. The number of rotatable bonds is 10. The van der Waals surface area contributed by atoms with Crippen molar-refractivity contribution in [3.8, 4) is 0 Å². The SMILES string of the molecule is COC(CN)CC(=O)NCc1ccccc1COCc1ccccc1. The van der Waals surface area contributed by atoms with E-state index in [0.717, 1.165) is 16.7 Å². The van der Waals surface area contributed by atoms with E-state index in [2.05, 4.69) is 5.32 Å². The maximum absolute atomic E-state index is 12.0. The molecule has 25 heavy (non-hydrogen) atoms. The molecule has 0 radical (unpaired) electrons. The number of nitrogens with two attached hydrogens (primary N) is 1. The molecule has 134 valence electrons. The molecule has 5 nitrogen and oxygen atoms in total. The van der Waals surface area contributed by atoms with E-state index in [-0.39, 0.29) is 18.4 Å². The summed E-state index contributed by atoms with van der Waals surface area (Å²) in [6.07, 6.45) is 0.0177. The number of carbonyl (C=O) groups excluding carboxylic acids is 1. The molecule has 0 aliphatic rings. The third kappa shape index (κ3) is 6.66. The third-order valence-electron chi connectivity index (χ3n) is 3.97. The molecule has 0 heterocycles. The molecular formula is C20H26N2O3. The molecule has 0 aliphatic heterocycles. The first-order chi connectivity index (χ1) is 12.2. The van der Waals surface area contributed by atoms with Crippen LogP contribution in [0.3, 0.4) is 0 Å². The summed E-state index contributed by atoms with van der Waals surface area (Å²) < 4.78 is 10.9. The first kappa shape index (κ1) is 19.1. The highest BCUT2D eigenvalue weighted by Gasteiger charge is 2.11. The van der Waals surface area contributed by atoms with Crippen molar-refractivity contribution in [2.75, 3.05) is 13.7 Å². The average molecular weight is 342 g/mol. The summed E-state index contributed by atoms with van der Waals surface area (Å²) in [4.78, 5) is 12.0. The Hall–Kier alpha value is -2.21. The van der Waals surface area contributed by atoms with Gasteiger partial charge in [-0.05, 0) is 16.7 Å². The van der Waals surface area contributed by atoms with E-state index in [1.165, 1.54) is 0 Å². The summed E-state index contributed by atoms with van der Waals surface area (Å²) in [5, 5.41) is 2.92. The van der Waals surface area contributed by atoms with E-state index >= 15 is 0 Å². The van der Waals surface area contributed by atoms with Crippen LogP contribution in [0.1, 0.15) is 23.1 Å². The van der Waals surface area contributed by atoms with Gasteiger partial charge in [-0.25, -0.2) is 0 Å². The number of nitrogens with one attached hydrogen (secondary N) is 1. The van der Waals surface area contributed by atoms with Crippen LogP contribution in [0, 0.1) is 0 Å². The van der Waals surface area contributed by atoms with Crippen molar-refractivity contribution in [3.63, 3.8) is 0 Å². The first-order valence-corrected chi connectivity index (χ1v) is 8.41. The second kappa shape index (κ2) is 10.6. The van der Waals surface area contributed by atoms with Crippen molar-refractivity contribution >= 4 is 5.91 Å². The lowest BCUT2D eigenvalue weighted by Crippen LogP contribution is -2.32. The summed E-state index contributed by atoms with van der Waals surface area (Å²) in [6.45, 7) is 1.86. The van der Waals surface area contributed by atoms with Crippen LogP contribution in [0.25, 0.3) is 0 Å². The zero-order chi connectivity index (χ0) is 17.9. The molecule has 3 N–H and O–H groups in total. The maximum Gasteiger partial charge on any atom is 0.222 e.